The molecule has 2 spiro atoms. The standard InChI is InChI=1S/C28H27BrF2N2O2.C27H26BrF2NO5/c1-26(2,3)35-25(34)33-15-27(8-9-27)13-24(33)23-11-17(14-32-23)16-4-6-19-20-7-5-18(29)12-22(20)28(30,31)21(19)10-16;1-25(2,3)36-24(34)31-14-26(8-9-26)12-21(31)23(33)35-13-22(32)15-4-6-17-18-7-5-16(28)11-20(18)27(29,30)19(17)10-15/h4-7,10,12,14,24H,8-9,11,13,15H2,1-3H3;4-7,10-11,21H,8-9,12-14H2,1-3H3/t;21-/m.0/s1. The maximum Gasteiger partial charge on any atom is 0.411 e. The number of amides is 2. The van der Waals surface area contributed by atoms with Gasteiger partial charge in [0.15, 0.2) is 12.4 Å². The van der Waals surface area contributed by atoms with Crippen LogP contribution in [0.25, 0.3) is 27.8 Å². The van der Waals surface area contributed by atoms with Crippen LogP contribution in [0.15, 0.2) is 92.9 Å². The quantitative estimate of drug-likeness (QED) is 0.0817. The first-order valence-electron chi connectivity index (χ1n) is 23.9. The van der Waals surface area contributed by atoms with Gasteiger partial charge in [-0.15, -0.1) is 0 Å². The molecule has 0 N–H and O–H groups in total. The van der Waals surface area contributed by atoms with Crippen LogP contribution in [0.1, 0.15) is 125 Å². The normalized spacial score (nSPS) is 21.9. The van der Waals surface area contributed by atoms with Crippen molar-refractivity contribution in [1.82, 2.24) is 9.80 Å². The number of Topliss-reactive ketones (excluding diaryl/α,β-unsaturated/α-hetero) is 1. The summed E-state index contributed by atoms with van der Waals surface area (Å²) in [6, 6.07) is 18.2. The molecule has 0 aromatic heterocycles. The number of aliphatic imine (C=N–C) groups is 1. The lowest BCUT2D eigenvalue weighted by Crippen LogP contribution is -2.44. The number of benzene rings is 4. The molecule has 3 heterocycles. The largest absolute Gasteiger partial charge is 0.456 e. The average Bonchev–Trinajstić information content (AvgIpc) is 3.95. The minimum Gasteiger partial charge on any atom is -0.456 e. The SMILES string of the molecule is CC(C)(C)OC(=O)N1CC2(CC2)CC1C1=NC=C(c2ccc3c(c2)C(F)(F)c2cc(Br)ccc2-3)C1.CC(C)(C)OC(=O)N1CC2(CC2)C[C@H]1C(=O)OCC(=O)c1ccc2c(c1)C(F)(F)c1cc(Br)ccc1-2. The molecule has 2 atom stereocenters. The molecule has 11 rings (SSSR count). The third kappa shape index (κ3) is 9.36. The van der Waals surface area contributed by atoms with E-state index in [9.17, 15) is 19.2 Å². The Morgan fingerprint density at radius 3 is 1.68 bits per heavy atom. The van der Waals surface area contributed by atoms with Crippen molar-refractivity contribution in [3.8, 4) is 22.3 Å². The molecule has 4 aromatic carbocycles. The van der Waals surface area contributed by atoms with Gasteiger partial charge < -0.3 is 14.2 Å². The minimum atomic E-state index is -3.25. The van der Waals surface area contributed by atoms with Gasteiger partial charge in [0.25, 0.3) is 11.8 Å². The van der Waals surface area contributed by atoms with Gasteiger partial charge in [-0.05, 0) is 161 Å². The molecule has 16 heteroatoms. The Kier molecular flexibility index (Phi) is 11.9. The van der Waals surface area contributed by atoms with E-state index >= 15 is 17.6 Å². The van der Waals surface area contributed by atoms with Crippen molar-refractivity contribution in [3.63, 3.8) is 0 Å². The maximum absolute atomic E-state index is 15.3. The topological polar surface area (TPSA) is 115 Å². The zero-order valence-electron chi connectivity index (χ0n) is 40.2. The molecule has 1 unspecified atom stereocenters. The Balaban J connectivity index is 0.000000164. The van der Waals surface area contributed by atoms with Gasteiger partial charge in [0.2, 0.25) is 0 Å². The highest BCUT2D eigenvalue weighted by Gasteiger charge is 2.57. The van der Waals surface area contributed by atoms with Crippen molar-refractivity contribution in [2.75, 3.05) is 19.7 Å². The van der Waals surface area contributed by atoms with Gasteiger partial charge in [-0.2, -0.15) is 17.6 Å². The Morgan fingerprint density at radius 2 is 1.13 bits per heavy atom. The third-order valence-corrected chi connectivity index (χ3v) is 15.6. The Labute approximate surface area is 426 Å². The summed E-state index contributed by atoms with van der Waals surface area (Å²) in [7, 11) is 0. The number of nitrogens with zero attached hydrogens (tertiary/aromatic N) is 3. The van der Waals surface area contributed by atoms with Crippen LogP contribution in [0, 0.1) is 10.8 Å². The van der Waals surface area contributed by atoms with Crippen molar-refractivity contribution < 1.29 is 51.0 Å². The molecule has 2 saturated heterocycles. The summed E-state index contributed by atoms with van der Waals surface area (Å²) in [5.41, 5.74) is 3.01. The molecule has 10 nitrogen and oxygen atoms in total. The van der Waals surface area contributed by atoms with Crippen molar-refractivity contribution in [3.05, 3.63) is 121 Å². The molecule has 4 fully saturated rings. The van der Waals surface area contributed by atoms with E-state index in [4.69, 9.17) is 19.2 Å². The van der Waals surface area contributed by atoms with Crippen LogP contribution >= 0.6 is 31.9 Å². The number of likely N-dealkylation sites (tertiary alicyclic amines) is 2. The van der Waals surface area contributed by atoms with Crippen molar-refractivity contribution in [2.24, 2.45) is 15.8 Å². The highest BCUT2D eigenvalue weighted by Crippen LogP contribution is 2.58. The van der Waals surface area contributed by atoms with Gasteiger partial charge in [0.05, 0.1) is 6.04 Å². The Bertz CT molecular complexity index is 3000. The van der Waals surface area contributed by atoms with Crippen LogP contribution in [0.2, 0.25) is 0 Å². The van der Waals surface area contributed by atoms with Crippen LogP contribution in [0.4, 0.5) is 27.2 Å². The maximum atomic E-state index is 15.3. The summed E-state index contributed by atoms with van der Waals surface area (Å²) in [5, 5.41) is 0. The molecule has 0 radical (unpaired) electrons. The highest BCUT2D eigenvalue weighted by atomic mass is 79.9. The number of esters is 1. The minimum absolute atomic E-state index is 0.0298. The summed E-state index contributed by atoms with van der Waals surface area (Å²) in [5.74, 6) is -7.59. The number of ether oxygens (including phenoxy) is 3. The second kappa shape index (κ2) is 17.1. The third-order valence-electron chi connectivity index (χ3n) is 14.6. The molecule has 2 saturated carbocycles. The summed E-state index contributed by atoms with van der Waals surface area (Å²) in [4.78, 5) is 59.3. The van der Waals surface area contributed by atoms with E-state index in [2.05, 4.69) is 31.9 Å². The van der Waals surface area contributed by atoms with Crippen LogP contribution in [0.5, 0.6) is 0 Å². The van der Waals surface area contributed by atoms with Crippen LogP contribution < -0.4 is 0 Å². The van der Waals surface area contributed by atoms with Gasteiger partial charge in [0.1, 0.15) is 17.2 Å². The smallest absolute Gasteiger partial charge is 0.411 e. The summed E-state index contributed by atoms with van der Waals surface area (Å²) < 4.78 is 78.5. The number of hydrogen-bond donors (Lipinski definition) is 0. The highest BCUT2D eigenvalue weighted by molar-refractivity contribution is 9.10. The summed E-state index contributed by atoms with van der Waals surface area (Å²) >= 11 is 6.55. The first-order chi connectivity index (χ1) is 33.3. The predicted octanol–water partition coefficient (Wildman–Crippen LogP) is 13.6. The van der Waals surface area contributed by atoms with Gasteiger partial charge in [-0.1, -0.05) is 68.3 Å². The van der Waals surface area contributed by atoms with Crippen LogP contribution in [0.3, 0.4) is 0 Å². The van der Waals surface area contributed by atoms with Crippen LogP contribution in [-0.2, 0) is 30.9 Å². The molecular weight excluding hydrogens is 1050 g/mol. The first kappa shape index (κ1) is 49.2. The number of allylic oxidation sites excluding steroid dienone is 1. The number of rotatable bonds is 6. The average molecular weight is 1100 g/mol. The van der Waals surface area contributed by atoms with Crippen LogP contribution in [-0.4, -0.2) is 82.4 Å². The number of hydrogen-bond acceptors (Lipinski definition) is 8. The van der Waals surface area contributed by atoms with E-state index in [0.29, 0.717) is 57.1 Å². The Hall–Kier alpha value is -5.35. The fraction of sp³-hybridized carbons (Fsp3) is 0.436. The van der Waals surface area contributed by atoms with E-state index < -0.39 is 53.5 Å². The molecule has 0 bridgehead atoms. The van der Waals surface area contributed by atoms with Gasteiger partial charge >= 0.3 is 18.2 Å². The van der Waals surface area contributed by atoms with Crippen molar-refractivity contribution >= 4 is 67.1 Å². The van der Waals surface area contributed by atoms with Gasteiger partial charge in [0, 0.05) is 68.2 Å². The Morgan fingerprint density at radius 1 is 0.648 bits per heavy atom. The number of carbonyl (C=O) groups is 4. The van der Waals surface area contributed by atoms with Gasteiger partial charge in [-0.3, -0.25) is 19.6 Å². The van der Waals surface area contributed by atoms with Crippen molar-refractivity contribution in [2.45, 2.75) is 122 Å². The predicted molar refractivity (Wildman–Crippen MR) is 266 cm³/mol. The molecule has 4 aliphatic carbocycles. The zero-order valence-corrected chi connectivity index (χ0v) is 43.4. The van der Waals surface area contributed by atoms with E-state index in [-0.39, 0.29) is 50.8 Å². The fourth-order valence-corrected chi connectivity index (χ4v) is 11.4. The van der Waals surface area contributed by atoms with E-state index in [1.165, 1.54) is 35.2 Å². The second-order valence-electron chi connectivity index (χ2n) is 22.2. The molecule has 2 amide bonds. The second-order valence-corrected chi connectivity index (χ2v) is 24.0. The van der Waals surface area contributed by atoms with E-state index in [0.717, 1.165) is 49.0 Å². The molecule has 4 aromatic rings. The molecule has 7 aliphatic rings. The number of alkyl halides is 4. The number of ketones is 1. The first-order valence-corrected chi connectivity index (χ1v) is 25.4. The number of halogens is 6. The molecule has 71 heavy (non-hydrogen) atoms. The lowest BCUT2D eigenvalue weighted by molar-refractivity contribution is -0.147. The van der Waals surface area contributed by atoms with Gasteiger partial charge in [-0.25, -0.2) is 14.4 Å². The van der Waals surface area contributed by atoms with E-state index in [1.54, 1.807) is 63.4 Å². The number of carbonyl (C=O) groups excluding carboxylic acids is 4. The molecule has 372 valence electrons. The van der Waals surface area contributed by atoms with Crippen molar-refractivity contribution in [1.29, 1.82) is 0 Å². The lowest BCUT2D eigenvalue weighted by Gasteiger charge is -2.28. The van der Waals surface area contributed by atoms with E-state index in [1.807, 2.05) is 31.7 Å². The number of fused-ring (bicyclic) bond motifs is 6. The fourth-order valence-electron chi connectivity index (χ4n) is 10.6. The summed E-state index contributed by atoms with van der Waals surface area (Å²) in [6.07, 6.45) is 6.84. The lowest BCUT2D eigenvalue weighted by atomic mass is 9.93. The monoisotopic (exact) mass is 1100 g/mol. The molecule has 3 aliphatic heterocycles. The zero-order chi connectivity index (χ0) is 50.8. The summed E-state index contributed by atoms with van der Waals surface area (Å²) in [6.45, 7) is 11.4. The molecular formula is C55H53Br2F4N3O7.